The second kappa shape index (κ2) is 11.8. The minimum atomic E-state index is -4.32. The lowest BCUT2D eigenvalue weighted by Gasteiger charge is -2.32. The van der Waals surface area contributed by atoms with E-state index in [4.69, 9.17) is 4.74 Å². The summed E-state index contributed by atoms with van der Waals surface area (Å²) in [6, 6.07) is 4.66. The standard InChI is InChI=1S/C37H49N5O7S/c1-6-24-19-37(24,32(45)41-50(47,48)27-14-9-11-23-15-18-38-29(23)27)40-30(43)26-20-36(34(4,5)35(36)16-10-17-35)21-42(26)31(44)28(22(2)3)39-33(46)49-25-12-7-8-13-25/h6,9,11,14-15,18,22,24-26,28,38H,1,7-8,10,12-13,16-17,19-21H2,2-5H3,(H,39,46)(H,40,43)(H,41,45)/t24-,26+,28+,36-,37-/m1/s1. The van der Waals surface area contributed by atoms with E-state index in [9.17, 15) is 27.6 Å². The van der Waals surface area contributed by atoms with E-state index in [1.54, 1.807) is 35.4 Å². The minimum Gasteiger partial charge on any atom is -0.446 e. The zero-order chi connectivity index (χ0) is 35.9. The minimum absolute atomic E-state index is 0.0148. The van der Waals surface area contributed by atoms with E-state index in [0.717, 1.165) is 44.9 Å². The SMILES string of the molecule is C=C[C@@H]1C[C@]1(NC(=O)[C@@H]1C[C@@]2(CN1C(=O)[C@@H](NC(=O)OC1CCCC1)C(C)C)C(C)(C)C21CCC1)C(=O)NS(=O)(=O)c1cccc2cc[nH]c12. The Labute approximate surface area is 293 Å². The van der Waals surface area contributed by atoms with Crippen molar-refractivity contribution < 1.29 is 32.3 Å². The van der Waals surface area contributed by atoms with Crippen molar-refractivity contribution in [3.05, 3.63) is 43.1 Å². The smallest absolute Gasteiger partial charge is 0.408 e. The Morgan fingerprint density at radius 3 is 2.36 bits per heavy atom. The molecule has 2 spiro atoms. The number of para-hydroxylation sites is 1. The highest BCUT2D eigenvalue weighted by molar-refractivity contribution is 7.90. The van der Waals surface area contributed by atoms with E-state index < -0.39 is 51.5 Å². The van der Waals surface area contributed by atoms with Crippen LogP contribution in [0.3, 0.4) is 0 Å². The van der Waals surface area contributed by atoms with Crippen molar-refractivity contribution in [3.63, 3.8) is 0 Å². The lowest BCUT2D eigenvalue weighted by atomic mass is 9.73. The highest BCUT2D eigenvalue weighted by Gasteiger charge is 2.85. The van der Waals surface area contributed by atoms with Crippen molar-refractivity contribution in [2.24, 2.45) is 28.1 Å². The van der Waals surface area contributed by atoms with Gasteiger partial charge in [-0.25, -0.2) is 17.9 Å². The number of carbonyl (C=O) groups is 4. The molecular formula is C37H49N5O7S. The van der Waals surface area contributed by atoms with Crippen molar-refractivity contribution in [2.75, 3.05) is 6.54 Å². The van der Waals surface area contributed by atoms with Crippen LogP contribution in [-0.2, 0) is 29.1 Å². The van der Waals surface area contributed by atoms with Crippen LogP contribution >= 0.6 is 0 Å². The van der Waals surface area contributed by atoms with Gasteiger partial charge in [-0.1, -0.05) is 52.3 Å². The molecule has 1 aromatic heterocycles. The van der Waals surface area contributed by atoms with Crippen molar-refractivity contribution in [2.45, 2.75) is 114 Å². The van der Waals surface area contributed by atoms with Gasteiger partial charge in [0, 0.05) is 29.5 Å². The van der Waals surface area contributed by atoms with Crippen molar-refractivity contribution >= 4 is 44.7 Å². The third-order valence-electron chi connectivity index (χ3n) is 13.3. The number of benzene rings is 1. The Morgan fingerprint density at radius 2 is 1.76 bits per heavy atom. The number of ether oxygens (including phenoxy) is 1. The topological polar surface area (TPSA) is 167 Å². The highest BCUT2D eigenvalue weighted by Crippen LogP contribution is 2.88. The van der Waals surface area contributed by atoms with Gasteiger partial charge in [-0.3, -0.25) is 14.4 Å². The summed E-state index contributed by atoms with van der Waals surface area (Å²) in [4.78, 5) is 60.2. The number of likely N-dealkylation sites (tertiary alicyclic amines) is 1. The average molecular weight is 708 g/mol. The van der Waals surface area contributed by atoms with E-state index in [2.05, 4.69) is 40.8 Å². The van der Waals surface area contributed by atoms with Gasteiger partial charge in [0.15, 0.2) is 0 Å². The van der Waals surface area contributed by atoms with E-state index in [1.165, 1.54) is 6.07 Å². The Bertz CT molecular complexity index is 1860. The van der Waals surface area contributed by atoms with Gasteiger partial charge in [0.2, 0.25) is 11.8 Å². The van der Waals surface area contributed by atoms with Crippen molar-refractivity contribution in [1.82, 2.24) is 25.2 Å². The van der Waals surface area contributed by atoms with Gasteiger partial charge < -0.3 is 25.3 Å². The third kappa shape index (κ3) is 5.08. The second-order valence-electron chi connectivity index (χ2n) is 16.1. The molecule has 270 valence electrons. The predicted molar refractivity (Wildman–Crippen MR) is 186 cm³/mol. The summed E-state index contributed by atoms with van der Waals surface area (Å²) in [6.07, 6.45) is 9.65. The van der Waals surface area contributed by atoms with Gasteiger partial charge in [-0.15, -0.1) is 6.58 Å². The summed E-state index contributed by atoms with van der Waals surface area (Å²) in [5.41, 5.74) is -1.57. The molecule has 5 aliphatic rings. The molecule has 0 unspecified atom stereocenters. The molecule has 4 saturated carbocycles. The van der Waals surface area contributed by atoms with Gasteiger partial charge in [0.25, 0.3) is 15.9 Å². The number of fused-ring (bicyclic) bond motifs is 2. The number of nitrogens with one attached hydrogen (secondary N) is 4. The number of H-pyrrole nitrogens is 1. The maximum atomic E-state index is 14.5. The molecule has 1 aromatic carbocycles. The summed E-state index contributed by atoms with van der Waals surface area (Å²) in [5, 5.41) is 6.40. The number of aromatic nitrogens is 1. The maximum absolute atomic E-state index is 14.5. The van der Waals surface area contributed by atoms with Gasteiger partial charge in [-0.2, -0.15) is 0 Å². The van der Waals surface area contributed by atoms with Gasteiger partial charge in [-0.05, 0) is 80.2 Å². The van der Waals surface area contributed by atoms with Crippen LogP contribution < -0.4 is 15.4 Å². The first-order chi connectivity index (χ1) is 23.6. The first-order valence-electron chi connectivity index (χ1n) is 18.0. The molecule has 0 bridgehead atoms. The molecule has 2 heterocycles. The van der Waals surface area contributed by atoms with E-state index in [-0.39, 0.29) is 45.5 Å². The molecule has 4 aliphatic carbocycles. The molecule has 2 aromatic rings. The number of rotatable bonds is 10. The Morgan fingerprint density at radius 1 is 1.04 bits per heavy atom. The van der Waals surface area contributed by atoms with E-state index in [0.29, 0.717) is 23.9 Å². The van der Waals surface area contributed by atoms with Crippen LogP contribution in [-0.4, -0.2) is 72.4 Å². The number of nitrogens with zero attached hydrogens (tertiary/aromatic N) is 1. The van der Waals surface area contributed by atoms with Gasteiger partial charge in [0.1, 0.15) is 28.6 Å². The number of alkyl carbamates (subject to hydrolysis) is 1. The lowest BCUT2D eigenvalue weighted by molar-refractivity contribution is -0.141. The zero-order valence-electron chi connectivity index (χ0n) is 29.3. The summed E-state index contributed by atoms with van der Waals surface area (Å²) in [6.45, 7) is 12.3. The number of sulfonamides is 1. The number of aromatic amines is 1. The first-order valence-corrected chi connectivity index (χ1v) is 19.5. The molecule has 5 atom stereocenters. The summed E-state index contributed by atoms with van der Waals surface area (Å²) in [7, 11) is -4.32. The molecule has 1 aliphatic heterocycles. The van der Waals surface area contributed by atoms with Crippen LogP contribution in [0, 0.1) is 28.1 Å². The molecule has 1 saturated heterocycles. The van der Waals surface area contributed by atoms with Crippen molar-refractivity contribution in [1.29, 1.82) is 0 Å². The Balaban J connectivity index is 1.14. The van der Waals surface area contributed by atoms with Crippen LogP contribution in [0.25, 0.3) is 10.9 Å². The predicted octanol–water partition coefficient (Wildman–Crippen LogP) is 4.52. The van der Waals surface area contributed by atoms with Crippen LogP contribution in [0.15, 0.2) is 48.0 Å². The highest BCUT2D eigenvalue weighted by atomic mass is 32.2. The fourth-order valence-electron chi connectivity index (χ4n) is 9.96. The van der Waals surface area contributed by atoms with Crippen LogP contribution in [0.2, 0.25) is 0 Å². The largest absolute Gasteiger partial charge is 0.446 e. The number of amides is 4. The first kappa shape index (κ1) is 34.6. The summed E-state index contributed by atoms with van der Waals surface area (Å²) in [5.74, 6) is -2.54. The van der Waals surface area contributed by atoms with Gasteiger partial charge >= 0.3 is 6.09 Å². The molecule has 0 radical (unpaired) electrons. The third-order valence-corrected chi connectivity index (χ3v) is 14.7. The molecule has 4 amide bonds. The molecule has 5 fully saturated rings. The molecule has 12 nitrogen and oxygen atoms in total. The van der Waals surface area contributed by atoms with Crippen LogP contribution in [0.4, 0.5) is 4.79 Å². The number of carbonyl (C=O) groups excluding carboxylic acids is 4. The zero-order valence-corrected chi connectivity index (χ0v) is 30.2. The molecule has 50 heavy (non-hydrogen) atoms. The van der Waals surface area contributed by atoms with Crippen LogP contribution in [0.5, 0.6) is 0 Å². The lowest BCUT2D eigenvalue weighted by Crippen LogP contribution is -2.59. The normalized spacial score (nSPS) is 29.8. The second-order valence-corrected chi connectivity index (χ2v) is 17.8. The number of hydrogen-bond donors (Lipinski definition) is 4. The van der Waals surface area contributed by atoms with E-state index >= 15 is 0 Å². The molecule has 13 heteroatoms. The fraction of sp³-hybridized carbons (Fsp3) is 0.622. The molecule has 7 rings (SSSR count). The van der Waals surface area contributed by atoms with Gasteiger partial charge in [0.05, 0.1) is 5.52 Å². The summed E-state index contributed by atoms with van der Waals surface area (Å²) >= 11 is 0. The monoisotopic (exact) mass is 707 g/mol. The van der Waals surface area contributed by atoms with E-state index in [1.807, 2.05) is 13.8 Å². The average Bonchev–Trinajstić information content (AvgIpc) is 3.44. The molecule has 4 N–H and O–H groups in total. The summed E-state index contributed by atoms with van der Waals surface area (Å²) < 4.78 is 34.9. The van der Waals surface area contributed by atoms with Crippen LogP contribution in [0.1, 0.15) is 85.5 Å². The fourth-order valence-corrected chi connectivity index (χ4v) is 11.2. The molecular weight excluding hydrogens is 659 g/mol. The number of hydrogen-bond acceptors (Lipinski definition) is 7. The van der Waals surface area contributed by atoms with Crippen molar-refractivity contribution in [3.8, 4) is 0 Å². The Kier molecular flexibility index (Phi) is 8.19. The quantitative estimate of drug-likeness (QED) is 0.264. The Hall–Kier alpha value is -3.87. The maximum Gasteiger partial charge on any atom is 0.408 e.